The van der Waals surface area contributed by atoms with Gasteiger partial charge in [-0.05, 0) is 38.1 Å². The molecule has 0 aliphatic heterocycles. The van der Waals surface area contributed by atoms with Gasteiger partial charge in [0.25, 0.3) is 0 Å². The Morgan fingerprint density at radius 3 is 2.84 bits per heavy atom. The molecule has 0 amide bonds. The van der Waals surface area contributed by atoms with Crippen LogP contribution in [0.2, 0.25) is 5.02 Å². The van der Waals surface area contributed by atoms with Crippen LogP contribution in [0.5, 0.6) is 0 Å². The number of nitrogens with two attached hydrogens (primary N) is 1. The van der Waals surface area contributed by atoms with Gasteiger partial charge >= 0.3 is 0 Å². The number of hydrogen-bond donors (Lipinski definition) is 2. The van der Waals surface area contributed by atoms with E-state index in [2.05, 4.69) is 27.2 Å². The first-order valence-corrected chi connectivity index (χ1v) is 7.27. The molecular formula is C12H16ClN5S. The molecule has 0 aliphatic rings. The lowest BCUT2D eigenvalue weighted by atomic mass is 10.1. The molecule has 3 N–H and O–H groups in total. The zero-order chi connectivity index (χ0) is 13.8. The summed E-state index contributed by atoms with van der Waals surface area (Å²) in [5.41, 5.74) is 5.59. The second-order valence-corrected chi connectivity index (χ2v) is 5.75. The normalized spacial score (nSPS) is 12.4. The van der Waals surface area contributed by atoms with E-state index in [0.717, 1.165) is 17.9 Å². The van der Waals surface area contributed by atoms with Crippen molar-refractivity contribution in [1.29, 1.82) is 0 Å². The van der Waals surface area contributed by atoms with Gasteiger partial charge in [-0.15, -0.1) is 11.3 Å². The van der Waals surface area contributed by atoms with Crippen molar-refractivity contribution in [2.24, 2.45) is 0 Å². The Hall–Kier alpha value is -1.40. The van der Waals surface area contributed by atoms with E-state index in [0.29, 0.717) is 11.8 Å². The van der Waals surface area contributed by atoms with Crippen molar-refractivity contribution in [1.82, 2.24) is 15.0 Å². The van der Waals surface area contributed by atoms with Crippen LogP contribution in [0.1, 0.15) is 24.0 Å². The average Bonchev–Trinajstić information content (AvgIpc) is 2.71. The SMILES string of the molecule is Cc1nc(N)nc(NC(C)CCc2sccc2Cl)n1. The number of halogens is 1. The molecule has 2 aromatic rings. The Balaban J connectivity index is 1.90. The predicted molar refractivity (Wildman–Crippen MR) is 79.7 cm³/mol. The standard InChI is InChI=1S/C12H16ClN5S/c1-7(3-4-10-9(13)5-6-19-10)15-12-17-8(2)16-11(14)18-12/h5-7H,3-4H2,1-2H3,(H3,14,15,16,17,18). The van der Waals surface area contributed by atoms with Crippen LogP contribution < -0.4 is 11.1 Å². The van der Waals surface area contributed by atoms with Gasteiger partial charge in [-0.25, -0.2) is 0 Å². The molecule has 2 aromatic heterocycles. The number of nitrogens with zero attached hydrogens (tertiary/aromatic N) is 3. The Labute approximate surface area is 121 Å². The highest BCUT2D eigenvalue weighted by atomic mass is 35.5. The maximum absolute atomic E-state index is 6.07. The van der Waals surface area contributed by atoms with Gasteiger partial charge < -0.3 is 11.1 Å². The highest BCUT2D eigenvalue weighted by Crippen LogP contribution is 2.24. The fourth-order valence-electron chi connectivity index (χ4n) is 1.71. The van der Waals surface area contributed by atoms with Gasteiger partial charge in [-0.2, -0.15) is 15.0 Å². The van der Waals surface area contributed by atoms with Crippen molar-refractivity contribution in [3.63, 3.8) is 0 Å². The van der Waals surface area contributed by atoms with Crippen LogP contribution in [-0.2, 0) is 6.42 Å². The molecule has 5 nitrogen and oxygen atoms in total. The van der Waals surface area contributed by atoms with Crippen molar-refractivity contribution in [2.45, 2.75) is 32.7 Å². The summed E-state index contributed by atoms with van der Waals surface area (Å²) < 4.78 is 0. The Morgan fingerprint density at radius 1 is 1.42 bits per heavy atom. The topological polar surface area (TPSA) is 76.7 Å². The number of rotatable bonds is 5. The first kappa shape index (κ1) is 14.0. The third-order valence-electron chi connectivity index (χ3n) is 2.64. The fourth-order valence-corrected chi connectivity index (χ4v) is 2.86. The van der Waals surface area contributed by atoms with Gasteiger partial charge in [0.2, 0.25) is 11.9 Å². The lowest BCUT2D eigenvalue weighted by molar-refractivity contribution is 0.702. The predicted octanol–water partition coefficient (Wildman–Crippen LogP) is 2.91. The van der Waals surface area contributed by atoms with Gasteiger partial charge in [-0.3, -0.25) is 0 Å². The zero-order valence-corrected chi connectivity index (χ0v) is 12.4. The molecule has 2 heterocycles. The number of thiophene rings is 1. The molecule has 2 rings (SSSR count). The molecule has 0 fully saturated rings. The molecule has 0 aliphatic carbocycles. The van der Waals surface area contributed by atoms with Crippen LogP contribution in [-0.4, -0.2) is 21.0 Å². The number of hydrogen-bond acceptors (Lipinski definition) is 6. The number of aryl methyl sites for hydroxylation is 2. The van der Waals surface area contributed by atoms with E-state index in [1.807, 2.05) is 11.4 Å². The molecule has 0 bridgehead atoms. The van der Waals surface area contributed by atoms with E-state index < -0.39 is 0 Å². The Morgan fingerprint density at radius 2 is 2.21 bits per heavy atom. The lowest BCUT2D eigenvalue weighted by Crippen LogP contribution is -2.19. The first-order chi connectivity index (χ1) is 9.04. The monoisotopic (exact) mass is 297 g/mol. The summed E-state index contributed by atoms with van der Waals surface area (Å²) in [5, 5.41) is 6.08. The highest BCUT2D eigenvalue weighted by molar-refractivity contribution is 7.10. The van der Waals surface area contributed by atoms with E-state index in [9.17, 15) is 0 Å². The van der Waals surface area contributed by atoms with Gasteiger partial charge in [-0.1, -0.05) is 11.6 Å². The van der Waals surface area contributed by atoms with Crippen LogP contribution in [0.3, 0.4) is 0 Å². The Kier molecular flexibility index (Phi) is 4.55. The van der Waals surface area contributed by atoms with Crippen molar-refractivity contribution in [2.75, 3.05) is 11.1 Å². The van der Waals surface area contributed by atoms with Gasteiger partial charge in [0.05, 0.1) is 5.02 Å². The summed E-state index contributed by atoms with van der Waals surface area (Å²) in [6.45, 7) is 3.87. The van der Waals surface area contributed by atoms with Crippen molar-refractivity contribution < 1.29 is 0 Å². The number of nitrogen functional groups attached to an aromatic ring is 1. The van der Waals surface area contributed by atoms with Crippen LogP contribution in [0, 0.1) is 6.92 Å². The molecule has 7 heteroatoms. The molecule has 0 aromatic carbocycles. The molecule has 19 heavy (non-hydrogen) atoms. The molecule has 1 unspecified atom stereocenters. The molecule has 102 valence electrons. The van der Waals surface area contributed by atoms with Gasteiger partial charge in [0, 0.05) is 10.9 Å². The summed E-state index contributed by atoms with van der Waals surface area (Å²) in [5.74, 6) is 1.38. The van der Waals surface area contributed by atoms with E-state index >= 15 is 0 Å². The third kappa shape index (κ3) is 4.04. The second-order valence-electron chi connectivity index (χ2n) is 4.34. The number of aromatic nitrogens is 3. The third-order valence-corrected chi connectivity index (χ3v) is 4.08. The lowest BCUT2D eigenvalue weighted by Gasteiger charge is -2.13. The molecule has 0 saturated heterocycles. The summed E-state index contributed by atoms with van der Waals surface area (Å²) in [6.07, 6.45) is 1.88. The van der Waals surface area contributed by atoms with E-state index in [-0.39, 0.29) is 12.0 Å². The quantitative estimate of drug-likeness (QED) is 0.887. The molecule has 0 saturated carbocycles. The minimum absolute atomic E-state index is 0.236. The maximum Gasteiger partial charge on any atom is 0.227 e. The van der Waals surface area contributed by atoms with Crippen LogP contribution in [0.4, 0.5) is 11.9 Å². The van der Waals surface area contributed by atoms with Crippen LogP contribution >= 0.6 is 22.9 Å². The van der Waals surface area contributed by atoms with Crippen molar-refractivity contribution >= 4 is 34.8 Å². The maximum atomic E-state index is 6.07. The minimum Gasteiger partial charge on any atom is -0.368 e. The van der Waals surface area contributed by atoms with Crippen molar-refractivity contribution in [3.8, 4) is 0 Å². The molecule has 1 atom stereocenters. The van der Waals surface area contributed by atoms with E-state index in [1.54, 1.807) is 18.3 Å². The Bertz CT molecular complexity index is 537. The largest absolute Gasteiger partial charge is 0.368 e. The average molecular weight is 298 g/mol. The fraction of sp³-hybridized carbons (Fsp3) is 0.417. The minimum atomic E-state index is 0.236. The number of nitrogens with one attached hydrogen (secondary N) is 1. The number of anilines is 2. The summed E-state index contributed by atoms with van der Waals surface area (Å²) in [6, 6.07) is 2.16. The van der Waals surface area contributed by atoms with E-state index in [1.165, 1.54) is 4.88 Å². The molecule has 0 spiro atoms. The first-order valence-electron chi connectivity index (χ1n) is 6.01. The van der Waals surface area contributed by atoms with Gasteiger partial charge in [0.1, 0.15) is 5.82 Å². The summed E-state index contributed by atoms with van der Waals surface area (Å²) in [7, 11) is 0. The van der Waals surface area contributed by atoms with Gasteiger partial charge in [0.15, 0.2) is 0 Å². The summed E-state index contributed by atoms with van der Waals surface area (Å²) in [4.78, 5) is 13.4. The molecule has 0 radical (unpaired) electrons. The highest BCUT2D eigenvalue weighted by Gasteiger charge is 2.08. The second kappa shape index (κ2) is 6.16. The summed E-state index contributed by atoms with van der Waals surface area (Å²) >= 11 is 7.75. The smallest absolute Gasteiger partial charge is 0.227 e. The van der Waals surface area contributed by atoms with E-state index in [4.69, 9.17) is 17.3 Å². The molecular weight excluding hydrogens is 282 g/mol. The zero-order valence-electron chi connectivity index (χ0n) is 10.9. The van der Waals surface area contributed by atoms with Crippen LogP contribution in [0.15, 0.2) is 11.4 Å². The van der Waals surface area contributed by atoms with Crippen molar-refractivity contribution in [3.05, 3.63) is 27.2 Å². The van der Waals surface area contributed by atoms with Crippen LogP contribution in [0.25, 0.3) is 0 Å².